The van der Waals surface area contributed by atoms with Gasteiger partial charge in [-0.15, -0.1) is 22.7 Å². The number of hydrogen-bond acceptors (Lipinski definition) is 5. The van der Waals surface area contributed by atoms with Crippen LogP contribution in [0.1, 0.15) is 36.6 Å². The number of nitrogens with zero attached hydrogens (tertiary/aromatic N) is 2. The minimum absolute atomic E-state index is 0.123. The van der Waals surface area contributed by atoms with Crippen molar-refractivity contribution in [2.75, 3.05) is 20.1 Å². The third kappa shape index (κ3) is 4.13. The third-order valence-corrected chi connectivity index (χ3v) is 8.67. The van der Waals surface area contributed by atoms with Crippen molar-refractivity contribution in [1.82, 2.24) is 9.21 Å². The quantitative estimate of drug-likeness (QED) is 0.716. The van der Waals surface area contributed by atoms with E-state index < -0.39 is 10.0 Å². The van der Waals surface area contributed by atoms with Gasteiger partial charge in [0, 0.05) is 31.4 Å². The summed E-state index contributed by atoms with van der Waals surface area (Å²) in [5.74, 6) is 0.123. The second-order valence-electron chi connectivity index (χ2n) is 6.12. The van der Waals surface area contributed by atoms with Crippen molar-refractivity contribution in [2.45, 2.75) is 35.9 Å². The van der Waals surface area contributed by atoms with Gasteiger partial charge in [0.2, 0.25) is 5.91 Å². The monoisotopic (exact) mass is 398 g/mol. The Balaban J connectivity index is 1.52. The molecular formula is C17H22N2O3S3. The molecule has 3 heterocycles. The Morgan fingerprint density at radius 1 is 1.28 bits per heavy atom. The van der Waals surface area contributed by atoms with Crippen LogP contribution in [0.4, 0.5) is 0 Å². The van der Waals surface area contributed by atoms with Crippen LogP contribution >= 0.6 is 22.7 Å². The number of carbonyl (C=O) groups excluding carboxylic acids is 1. The number of hydrogen-bond donors (Lipinski definition) is 0. The molecule has 0 N–H and O–H groups in total. The van der Waals surface area contributed by atoms with Gasteiger partial charge in [-0.3, -0.25) is 4.79 Å². The minimum atomic E-state index is -3.43. The van der Waals surface area contributed by atoms with Crippen molar-refractivity contribution in [2.24, 2.45) is 0 Å². The molecule has 0 bridgehead atoms. The SMILES string of the molecule is CN(CCCC(=O)N1CCC[C@@H]1c1cccs1)S(=O)(=O)c1cccs1. The average Bonchev–Trinajstić information content (AvgIpc) is 3.35. The number of likely N-dealkylation sites (tertiary alicyclic amines) is 1. The smallest absolute Gasteiger partial charge is 0.252 e. The van der Waals surface area contributed by atoms with E-state index in [2.05, 4.69) is 6.07 Å². The number of amides is 1. The molecule has 1 amide bonds. The molecule has 1 saturated heterocycles. The van der Waals surface area contributed by atoms with Crippen molar-refractivity contribution in [3.63, 3.8) is 0 Å². The van der Waals surface area contributed by atoms with E-state index >= 15 is 0 Å². The highest BCUT2D eigenvalue weighted by Gasteiger charge is 2.30. The van der Waals surface area contributed by atoms with Gasteiger partial charge in [0.1, 0.15) is 4.21 Å². The molecule has 2 aromatic rings. The van der Waals surface area contributed by atoms with E-state index in [-0.39, 0.29) is 11.9 Å². The van der Waals surface area contributed by atoms with Crippen LogP contribution < -0.4 is 0 Å². The average molecular weight is 399 g/mol. The molecular weight excluding hydrogens is 376 g/mol. The van der Waals surface area contributed by atoms with Crippen LogP contribution in [0.25, 0.3) is 0 Å². The fourth-order valence-corrected chi connectivity index (χ4v) is 6.41. The second-order valence-corrected chi connectivity index (χ2v) is 10.3. The van der Waals surface area contributed by atoms with Gasteiger partial charge in [-0.25, -0.2) is 12.7 Å². The number of rotatable bonds is 7. The molecule has 5 nitrogen and oxygen atoms in total. The molecule has 0 saturated carbocycles. The minimum Gasteiger partial charge on any atom is -0.335 e. The molecule has 1 atom stereocenters. The summed E-state index contributed by atoms with van der Waals surface area (Å²) in [4.78, 5) is 15.8. The summed E-state index contributed by atoms with van der Waals surface area (Å²) in [5, 5.41) is 3.79. The Labute approximate surface area is 156 Å². The lowest BCUT2D eigenvalue weighted by molar-refractivity contribution is -0.132. The Morgan fingerprint density at radius 2 is 2.04 bits per heavy atom. The largest absolute Gasteiger partial charge is 0.335 e. The summed E-state index contributed by atoms with van der Waals surface area (Å²) >= 11 is 2.91. The summed E-state index contributed by atoms with van der Waals surface area (Å²) < 4.78 is 26.4. The third-order valence-electron chi connectivity index (χ3n) is 4.47. The number of sulfonamides is 1. The van der Waals surface area contributed by atoms with Crippen LogP contribution in [0.3, 0.4) is 0 Å². The predicted octanol–water partition coefficient (Wildman–Crippen LogP) is 3.57. The highest BCUT2D eigenvalue weighted by molar-refractivity contribution is 7.91. The van der Waals surface area contributed by atoms with E-state index in [9.17, 15) is 13.2 Å². The highest BCUT2D eigenvalue weighted by Crippen LogP contribution is 2.34. The van der Waals surface area contributed by atoms with Crippen LogP contribution in [-0.4, -0.2) is 43.7 Å². The zero-order chi connectivity index (χ0) is 17.9. The topological polar surface area (TPSA) is 57.7 Å². The van der Waals surface area contributed by atoms with Gasteiger partial charge >= 0.3 is 0 Å². The number of thiophene rings is 2. The van der Waals surface area contributed by atoms with E-state index in [1.807, 2.05) is 16.3 Å². The Morgan fingerprint density at radius 3 is 2.72 bits per heavy atom. The number of carbonyl (C=O) groups is 1. The molecule has 136 valence electrons. The Bertz CT molecular complexity index is 785. The first-order valence-corrected chi connectivity index (χ1v) is 11.5. The molecule has 0 spiro atoms. The van der Waals surface area contributed by atoms with Gasteiger partial charge in [-0.2, -0.15) is 0 Å². The lowest BCUT2D eigenvalue weighted by atomic mass is 10.1. The van der Waals surface area contributed by atoms with Gasteiger partial charge in [0.05, 0.1) is 6.04 Å². The van der Waals surface area contributed by atoms with Gasteiger partial charge in [0.25, 0.3) is 10.0 Å². The molecule has 0 unspecified atom stereocenters. The van der Waals surface area contributed by atoms with Crippen molar-refractivity contribution >= 4 is 38.6 Å². The van der Waals surface area contributed by atoms with E-state index in [0.29, 0.717) is 23.6 Å². The molecule has 3 rings (SSSR count). The zero-order valence-electron chi connectivity index (χ0n) is 14.1. The standard InChI is InChI=1S/C17H22N2O3S3/c1-18(25(21,22)17-9-5-13-24-17)10-3-8-16(20)19-11-2-6-14(19)15-7-4-12-23-15/h4-5,7,9,12-14H,2-3,6,8,10-11H2,1H3/t14-/m1/s1. The molecule has 25 heavy (non-hydrogen) atoms. The lowest BCUT2D eigenvalue weighted by Crippen LogP contribution is -2.32. The molecule has 0 aliphatic carbocycles. The van der Waals surface area contributed by atoms with E-state index in [1.54, 1.807) is 35.9 Å². The lowest BCUT2D eigenvalue weighted by Gasteiger charge is -2.24. The summed E-state index contributed by atoms with van der Waals surface area (Å²) in [5.41, 5.74) is 0. The van der Waals surface area contributed by atoms with Gasteiger partial charge in [0.15, 0.2) is 0 Å². The normalized spacial score (nSPS) is 18.2. The molecule has 1 aliphatic heterocycles. The first-order chi connectivity index (χ1) is 12.0. The first-order valence-electron chi connectivity index (χ1n) is 8.33. The molecule has 0 aromatic carbocycles. The van der Waals surface area contributed by atoms with E-state index in [0.717, 1.165) is 19.4 Å². The first kappa shape index (κ1) is 18.6. The molecule has 2 aromatic heterocycles. The summed E-state index contributed by atoms with van der Waals surface area (Å²) in [6.07, 6.45) is 2.96. The van der Waals surface area contributed by atoms with Crippen LogP contribution in [0.5, 0.6) is 0 Å². The summed E-state index contributed by atoms with van der Waals surface area (Å²) in [7, 11) is -1.86. The highest BCUT2D eigenvalue weighted by atomic mass is 32.2. The fourth-order valence-electron chi connectivity index (χ4n) is 3.12. The van der Waals surface area contributed by atoms with E-state index in [1.165, 1.54) is 20.5 Å². The van der Waals surface area contributed by atoms with Crippen LogP contribution in [0.15, 0.2) is 39.2 Å². The van der Waals surface area contributed by atoms with Crippen LogP contribution in [-0.2, 0) is 14.8 Å². The predicted molar refractivity (Wildman–Crippen MR) is 101 cm³/mol. The maximum absolute atomic E-state index is 12.6. The van der Waals surface area contributed by atoms with Crippen LogP contribution in [0, 0.1) is 0 Å². The fraction of sp³-hybridized carbons (Fsp3) is 0.471. The van der Waals surface area contributed by atoms with E-state index in [4.69, 9.17) is 0 Å². The van der Waals surface area contributed by atoms with Crippen molar-refractivity contribution < 1.29 is 13.2 Å². The van der Waals surface area contributed by atoms with Gasteiger partial charge in [-0.05, 0) is 42.2 Å². The maximum atomic E-state index is 12.6. The van der Waals surface area contributed by atoms with Crippen molar-refractivity contribution in [3.8, 4) is 0 Å². The van der Waals surface area contributed by atoms with Crippen molar-refractivity contribution in [3.05, 3.63) is 39.9 Å². The van der Waals surface area contributed by atoms with Crippen LogP contribution in [0.2, 0.25) is 0 Å². The van der Waals surface area contributed by atoms with Gasteiger partial charge < -0.3 is 4.90 Å². The Hall–Kier alpha value is -1.22. The van der Waals surface area contributed by atoms with Crippen molar-refractivity contribution in [1.29, 1.82) is 0 Å². The molecule has 1 aliphatic rings. The molecule has 0 radical (unpaired) electrons. The molecule has 1 fully saturated rings. The summed E-state index contributed by atoms with van der Waals surface area (Å²) in [6.45, 7) is 1.15. The second kappa shape index (κ2) is 7.99. The maximum Gasteiger partial charge on any atom is 0.252 e. The molecule has 8 heteroatoms. The zero-order valence-corrected chi connectivity index (χ0v) is 16.6. The summed E-state index contributed by atoms with van der Waals surface area (Å²) in [6, 6.07) is 7.64. The van der Waals surface area contributed by atoms with Gasteiger partial charge in [-0.1, -0.05) is 12.1 Å². The Kier molecular flexibility index (Phi) is 5.93.